The van der Waals surface area contributed by atoms with Gasteiger partial charge in [0.2, 0.25) is 5.41 Å². The van der Waals surface area contributed by atoms with E-state index in [1.807, 2.05) is 36.4 Å². The molecule has 2 aromatic rings. The summed E-state index contributed by atoms with van der Waals surface area (Å²) in [5.74, 6) is -1.24. The molecular formula is C29H30O5. The number of fused-ring (bicyclic) bond motifs is 1. The van der Waals surface area contributed by atoms with Gasteiger partial charge in [0.25, 0.3) is 0 Å². The van der Waals surface area contributed by atoms with Crippen molar-refractivity contribution in [3.8, 4) is 0 Å². The van der Waals surface area contributed by atoms with Crippen molar-refractivity contribution in [1.82, 2.24) is 0 Å². The van der Waals surface area contributed by atoms with Crippen LogP contribution in [0.1, 0.15) is 73.5 Å². The molecule has 176 valence electrons. The average Bonchev–Trinajstić information content (AvgIpc) is 3.17. The number of benzene rings is 2. The fraction of sp³-hybridized carbons (Fsp3) is 0.345. The quantitative estimate of drug-likeness (QED) is 0.308. The zero-order valence-electron chi connectivity index (χ0n) is 20.0. The Kier molecular flexibility index (Phi) is 6.82. The lowest BCUT2D eigenvalue weighted by molar-refractivity contribution is -0.162. The van der Waals surface area contributed by atoms with Gasteiger partial charge in [-0.05, 0) is 79.9 Å². The SMILES string of the molecule is CCOC(=O)C1(C(=O)OCC)C(C2=CCCCC2)=C(c2ccc(C(C)=O)cc2)c2ccccc21. The molecule has 2 aliphatic rings. The molecule has 0 fully saturated rings. The van der Waals surface area contributed by atoms with Crippen LogP contribution in [0.3, 0.4) is 0 Å². The Bertz CT molecular complexity index is 1170. The van der Waals surface area contributed by atoms with Crippen molar-refractivity contribution in [1.29, 1.82) is 0 Å². The Balaban J connectivity index is 2.10. The van der Waals surface area contributed by atoms with Gasteiger partial charge in [-0.15, -0.1) is 0 Å². The zero-order valence-corrected chi connectivity index (χ0v) is 20.0. The van der Waals surface area contributed by atoms with Crippen molar-refractivity contribution in [3.63, 3.8) is 0 Å². The maximum Gasteiger partial charge on any atom is 0.332 e. The summed E-state index contributed by atoms with van der Waals surface area (Å²) in [6.45, 7) is 5.31. The van der Waals surface area contributed by atoms with Gasteiger partial charge in [0.15, 0.2) is 5.78 Å². The molecule has 5 nitrogen and oxygen atoms in total. The second-order valence-corrected chi connectivity index (χ2v) is 8.60. The van der Waals surface area contributed by atoms with Crippen LogP contribution >= 0.6 is 0 Å². The minimum absolute atomic E-state index is 0.0186. The van der Waals surface area contributed by atoms with Crippen LogP contribution in [-0.2, 0) is 24.5 Å². The van der Waals surface area contributed by atoms with E-state index in [0.717, 1.165) is 48.0 Å². The third-order valence-corrected chi connectivity index (χ3v) is 6.58. The Morgan fingerprint density at radius 3 is 2.09 bits per heavy atom. The van der Waals surface area contributed by atoms with E-state index in [1.165, 1.54) is 6.92 Å². The Hall–Kier alpha value is -3.47. The van der Waals surface area contributed by atoms with Crippen molar-refractivity contribution in [2.24, 2.45) is 0 Å². The topological polar surface area (TPSA) is 69.7 Å². The summed E-state index contributed by atoms with van der Waals surface area (Å²) in [5.41, 5.74) is 3.60. The lowest BCUT2D eigenvalue weighted by Gasteiger charge is -2.31. The van der Waals surface area contributed by atoms with Gasteiger partial charge < -0.3 is 9.47 Å². The molecule has 0 heterocycles. The molecule has 0 spiro atoms. The third-order valence-electron chi connectivity index (χ3n) is 6.58. The maximum absolute atomic E-state index is 13.8. The number of rotatable bonds is 7. The van der Waals surface area contributed by atoms with Gasteiger partial charge in [-0.1, -0.05) is 54.6 Å². The number of allylic oxidation sites excluding steroid dienone is 2. The third kappa shape index (κ3) is 3.79. The monoisotopic (exact) mass is 458 g/mol. The van der Waals surface area contributed by atoms with Crippen LogP contribution < -0.4 is 0 Å². The van der Waals surface area contributed by atoms with E-state index >= 15 is 0 Å². The highest BCUT2D eigenvalue weighted by Crippen LogP contribution is 2.54. The molecule has 34 heavy (non-hydrogen) atoms. The van der Waals surface area contributed by atoms with Gasteiger partial charge in [0.1, 0.15) is 0 Å². The second kappa shape index (κ2) is 9.80. The summed E-state index contributed by atoms with van der Waals surface area (Å²) in [6, 6.07) is 14.8. The molecule has 0 amide bonds. The van der Waals surface area contributed by atoms with Crippen LogP contribution in [0.5, 0.6) is 0 Å². The minimum Gasteiger partial charge on any atom is -0.465 e. The fourth-order valence-electron chi connectivity index (χ4n) is 5.11. The summed E-state index contributed by atoms with van der Waals surface area (Å²) >= 11 is 0. The Morgan fingerprint density at radius 1 is 0.882 bits per heavy atom. The first kappa shape index (κ1) is 23.7. The van der Waals surface area contributed by atoms with Crippen molar-refractivity contribution in [3.05, 3.63) is 88.0 Å². The average molecular weight is 459 g/mol. The van der Waals surface area contributed by atoms with Crippen LogP contribution in [0.25, 0.3) is 5.57 Å². The summed E-state index contributed by atoms with van der Waals surface area (Å²) in [7, 11) is 0. The van der Waals surface area contributed by atoms with E-state index in [-0.39, 0.29) is 19.0 Å². The van der Waals surface area contributed by atoms with E-state index in [1.54, 1.807) is 26.0 Å². The molecule has 0 N–H and O–H groups in total. The maximum atomic E-state index is 13.8. The van der Waals surface area contributed by atoms with Crippen LogP contribution in [0.15, 0.2) is 65.8 Å². The number of esters is 2. The minimum atomic E-state index is -1.69. The molecule has 0 aromatic heterocycles. The predicted molar refractivity (Wildman–Crippen MR) is 130 cm³/mol. The molecule has 0 bridgehead atoms. The highest BCUT2D eigenvalue weighted by Gasteiger charge is 2.59. The van der Waals surface area contributed by atoms with Crippen molar-refractivity contribution in [2.45, 2.75) is 51.9 Å². The van der Waals surface area contributed by atoms with Crippen molar-refractivity contribution in [2.75, 3.05) is 13.2 Å². The molecule has 0 unspecified atom stereocenters. The number of ether oxygens (including phenoxy) is 2. The molecule has 0 saturated carbocycles. The van der Waals surface area contributed by atoms with Crippen LogP contribution in [0, 0.1) is 0 Å². The second-order valence-electron chi connectivity index (χ2n) is 8.60. The number of ketones is 1. The number of hydrogen-bond acceptors (Lipinski definition) is 5. The van der Waals surface area contributed by atoms with E-state index in [9.17, 15) is 14.4 Å². The zero-order chi connectivity index (χ0) is 24.3. The van der Waals surface area contributed by atoms with Gasteiger partial charge in [0.05, 0.1) is 13.2 Å². The summed E-state index contributed by atoms with van der Waals surface area (Å²) in [4.78, 5) is 39.5. The van der Waals surface area contributed by atoms with Gasteiger partial charge in [-0.2, -0.15) is 0 Å². The first-order valence-corrected chi connectivity index (χ1v) is 12.0. The number of Topliss-reactive ketones (excluding diaryl/α,β-unsaturated/α-hetero) is 1. The van der Waals surface area contributed by atoms with E-state index in [2.05, 4.69) is 6.08 Å². The lowest BCUT2D eigenvalue weighted by atomic mass is 9.72. The number of carbonyl (C=O) groups is 3. The largest absolute Gasteiger partial charge is 0.465 e. The molecule has 2 aliphatic carbocycles. The van der Waals surface area contributed by atoms with E-state index < -0.39 is 17.4 Å². The lowest BCUT2D eigenvalue weighted by Crippen LogP contribution is -2.47. The molecule has 0 saturated heterocycles. The van der Waals surface area contributed by atoms with Crippen LogP contribution in [-0.4, -0.2) is 30.9 Å². The predicted octanol–water partition coefficient (Wildman–Crippen LogP) is 5.57. The van der Waals surface area contributed by atoms with E-state index in [0.29, 0.717) is 16.7 Å². The first-order chi connectivity index (χ1) is 16.5. The van der Waals surface area contributed by atoms with Crippen LogP contribution in [0.2, 0.25) is 0 Å². The van der Waals surface area contributed by atoms with Crippen LogP contribution in [0.4, 0.5) is 0 Å². The smallest absolute Gasteiger partial charge is 0.332 e. The molecular weight excluding hydrogens is 428 g/mol. The summed E-state index contributed by atoms with van der Waals surface area (Å²) in [5, 5.41) is 0. The highest BCUT2D eigenvalue weighted by atomic mass is 16.6. The van der Waals surface area contributed by atoms with E-state index in [4.69, 9.17) is 9.47 Å². The molecule has 4 rings (SSSR count). The Labute approximate surface area is 200 Å². The van der Waals surface area contributed by atoms with Gasteiger partial charge in [0, 0.05) is 5.56 Å². The molecule has 0 aliphatic heterocycles. The molecule has 0 radical (unpaired) electrons. The number of carbonyl (C=O) groups excluding carboxylic acids is 3. The molecule has 2 aromatic carbocycles. The normalized spacial score (nSPS) is 16.5. The summed E-state index contributed by atoms with van der Waals surface area (Å²) < 4.78 is 11.1. The summed E-state index contributed by atoms with van der Waals surface area (Å²) in [6.07, 6.45) is 5.83. The molecule has 0 atom stereocenters. The van der Waals surface area contributed by atoms with Gasteiger partial charge in [-0.25, -0.2) is 0 Å². The van der Waals surface area contributed by atoms with Gasteiger partial charge in [-0.3, -0.25) is 14.4 Å². The van der Waals surface area contributed by atoms with Crippen molar-refractivity contribution < 1.29 is 23.9 Å². The highest BCUT2D eigenvalue weighted by molar-refractivity contribution is 6.17. The number of hydrogen-bond donors (Lipinski definition) is 0. The van der Waals surface area contributed by atoms with Crippen molar-refractivity contribution >= 4 is 23.3 Å². The first-order valence-electron chi connectivity index (χ1n) is 12.0. The Morgan fingerprint density at radius 2 is 1.53 bits per heavy atom. The molecule has 5 heteroatoms. The van der Waals surface area contributed by atoms with Gasteiger partial charge >= 0.3 is 11.9 Å². The fourth-order valence-corrected chi connectivity index (χ4v) is 5.11. The standard InChI is InChI=1S/C29H30O5/c1-4-33-27(31)29(28(32)34-5-2)24-14-10-9-13-23(24)25(26(29)22-11-7-6-8-12-22)21-17-15-20(16-18-21)19(3)30/h9-11,13-18H,4-8,12H2,1-3H3.